The van der Waals surface area contributed by atoms with Crippen LogP contribution in [0.5, 0.6) is 0 Å². The van der Waals surface area contributed by atoms with E-state index in [4.69, 9.17) is 0 Å². The summed E-state index contributed by atoms with van der Waals surface area (Å²) in [7, 11) is -4.58. The lowest BCUT2D eigenvalue weighted by Gasteiger charge is -2.04. The largest absolute Gasteiger partial charge is 0.224 e. The van der Waals surface area contributed by atoms with E-state index in [0.717, 1.165) is 5.56 Å². The number of hydrogen-bond acceptors (Lipinski definition) is 2. The van der Waals surface area contributed by atoms with Crippen LogP contribution in [0, 0.1) is 18.4 Å². The Kier molecular flexibility index (Phi) is 4.77. The molecule has 1 aromatic carbocycles. The molecule has 0 fully saturated rings. The first-order valence-corrected chi connectivity index (χ1v) is 11.2. The summed E-state index contributed by atoms with van der Waals surface area (Å²) in [5.41, 5.74) is 4.24. The molecule has 0 amide bonds. The normalized spacial score (nSPS) is 11.8. The lowest BCUT2D eigenvalue weighted by atomic mass is 10.2. The van der Waals surface area contributed by atoms with Gasteiger partial charge in [-0.15, -0.1) is 11.5 Å². The van der Waals surface area contributed by atoms with Gasteiger partial charge in [-0.3, -0.25) is 0 Å². The summed E-state index contributed by atoms with van der Waals surface area (Å²) in [4.78, 5) is 0.392. The third kappa shape index (κ3) is 5.07. The van der Waals surface area contributed by atoms with Crippen LogP contribution < -0.4 is 0 Å². The van der Waals surface area contributed by atoms with Crippen molar-refractivity contribution in [3.8, 4) is 11.5 Å². The van der Waals surface area contributed by atoms with Gasteiger partial charge >= 0.3 is 0 Å². The molecule has 18 heavy (non-hydrogen) atoms. The molecule has 0 saturated carbocycles. The van der Waals surface area contributed by atoms with Crippen molar-refractivity contribution in [1.82, 2.24) is 0 Å². The minimum absolute atomic E-state index is 0.105. The fourth-order valence-corrected chi connectivity index (χ4v) is 3.19. The van der Waals surface area contributed by atoms with Crippen LogP contribution in [0.2, 0.25) is 19.6 Å². The van der Waals surface area contributed by atoms with Crippen molar-refractivity contribution >= 4 is 17.9 Å². The van der Waals surface area contributed by atoms with Crippen LogP contribution in [-0.4, -0.2) is 22.2 Å². The topological polar surface area (TPSA) is 34.1 Å². The number of hydrogen-bond donors (Lipinski definition) is 0. The highest BCUT2D eigenvalue weighted by Crippen LogP contribution is 2.12. The van der Waals surface area contributed by atoms with Crippen molar-refractivity contribution in [2.24, 2.45) is 0 Å². The third-order valence-corrected chi connectivity index (χ3v) is 5.00. The van der Waals surface area contributed by atoms with Gasteiger partial charge in [-0.05, 0) is 19.1 Å². The quantitative estimate of drug-likeness (QED) is 0.630. The molecule has 0 aliphatic carbocycles. The van der Waals surface area contributed by atoms with Crippen molar-refractivity contribution in [3.63, 3.8) is 0 Å². The molecule has 0 spiro atoms. The zero-order valence-electron chi connectivity index (χ0n) is 11.4. The molecule has 1 rings (SSSR count). The molecule has 0 radical (unpaired) electrons. The average Bonchev–Trinajstić information content (AvgIpc) is 2.24. The van der Waals surface area contributed by atoms with Gasteiger partial charge in [0, 0.05) is 6.42 Å². The molecular weight excluding hydrogens is 260 g/mol. The first-order chi connectivity index (χ1) is 8.21. The van der Waals surface area contributed by atoms with Crippen molar-refractivity contribution in [2.45, 2.75) is 37.9 Å². The first-order valence-electron chi connectivity index (χ1n) is 6.00. The van der Waals surface area contributed by atoms with Crippen LogP contribution in [0.3, 0.4) is 0 Å². The monoisotopic (exact) mass is 280 g/mol. The Morgan fingerprint density at radius 2 is 1.67 bits per heavy atom. The summed E-state index contributed by atoms with van der Waals surface area (Å²) < 4.78 is 24.0. The van der Waals surface area contributed by atoms with E-state index in [-0.39, 0.29) is 5.75 Å². The molecule has 4 heteroatoms. The van der Waals surface area contributed by atoms with Gasteiger partial charge in [0.05, 0.1) is 10.6 Å². The van der Waals surface area contributed by atoms with Crippen molar-refractivity contribution in [3.05, 3.63) is 29.8 Å². The molecular formula is C14H20O2SSi. The maximum atomic E-state index is 12.0. The minimum Gasteiger partial charge on any atom is -0.224 e. The van der Waals surface area contributed by atoms with Crippen molar-refractivity contribution in [1.29, 1.82) is 0 Å². The lowest BCUT2D eigenvalue weighted by Crippen LogP contribution is -2.16. The minimum atomic E-state index is -3.18. The van der Waals surface area contributed by atoms with E-state index in [9.17, 15) is 8.42 Å². The molecule has 98 valence electrons. The molecule has 0 saturated heterocycles. The summed E-state index contributed by atoms with van der Waals surface area (Å²) in [5.74, 6) is 3.10. The maximum absolute atomic E-state index is 12.0. The summed E-state index contributed by atoms with van der Waals surface area (Å²) >= 11 is 0. The number of sulfone groups is 1. The highest BCUT2D eigenvalue weighted by molar-refractivity contribution is 7.91. The first kappa shape index (κ1) is 15.0. The molecule has 0 heterocycles. The Hall–Kier alpha value is -1.05. The molecule has 0 bridgehead atoms. The van der Waals surface area contributed by atoms with Gasteiger partial charge in [-0.2, -0.15) is 0 Å². The zero-order chi connectivity index (χ0) is 13.8. The van der Waals surface area contributed by atoms with Crippen molar-refractivity contribution in [2.75, 3.05) is 5.75 Å². The Balaban J connectivity index is 2.71. The second-order valence-electron chi connectivity index (χ2n) is 5.43. The molecule has 0 N–H and O–H groups in total. The standard InChI is InChI=1S/C14H20O2SSi/c1-13-7-9-14(10-8-13)17(15,16)11-5-6-12-18(2,3)4/h7-10H,5,11H2,1-4H3. The molecule has 0 unspecified atom stereocenters. The third-order valence-electron chi connectivity index (χ3n) is 2.34. The molecule has 2 nitrogen and oxygen atoms in total. The van der Waals surface area contributed by atoms with Crippen LogP contribution in [0.1, 0.15) is 12.0 Å². The molecule has 0 aliphatic heterocycles. The van der Waals surface area contributed by atoms with E-state index >= 15 is 0 Å². The van der Waals surface area contributed by atoms with E-state index in [2.05, 4.69) is 31.1 Å². The van der Waals surface area contributed by atoms with E-state index in [1.165, 1.54) is 0 Å². The van der Waals surface area contributed by atoms with E-state index < -0.39 is 17.9 Å². The predicted molar refractivity (Wildman–Crippen MR) is 79.0 cm³/mol. The number of benzene rings is 1. The Labute approximate surface area is 111 Å². The van der Waals surface area contributed by atoms with E-state index in [1.807, 2.05) is 19.1 Å². The fourth-order valence-electron chi connectivity index (χ4n) is 1.38. The average molecular weight is 280 g/mol. The second-order valence-corrected chi connectivity index (χ2v) is 12.3. The smallest absolute Gasteiger partial charge is 0.179 e. The van der Waals surface area contributed by atoms with Gasteiger partial charge < -0.3 is 0 Å². The Morgan fingerprint density at radius 3 is 2.17 bits per heavy atom. The Morgan fingerprint density at radius 1 is 1.11 bits per heavy atom. The fraction of sp³-hybridized carbons (Fsp3) is 0.429. The van der Waals surface area contributed by atoms with Gasteiger partial charge in [-0.25, -0.2) is 8.42 Å². The summed E-state index contributed by atoms with van der Waals surface area (Å²) in [5, 5.41) is 0. The van der Waals surface area contributed by atoms with E-state index in [1.54, 1.807) is 12.1 Å². The van der Waals surface area contributed by atoms with Crippen LogP contribution in [-0.2, 0) is 9.84 Å². The number of rotatable bonds is 3. The Bertz CT molecular complexity index is 555. The number of aryl methyl sites for hydroxylation is 1. The zero-order valence-corrected chi connectivity index (χ0v) is 13.3. The summed E-state index contributed by atoms with van der Waals surface area (Å²) in [6.45, 7) is 8.38. The molecule has 0 atom stereocenters. The summed E-state index contributed by atoms with van der Waals surface area (Å²) in [6, 6.07) is 6.97. The molecule has 0 aromatic heterocycles. The summed E-state index contributed by atoms with van der Waals surface area (Å²) in [6.07, 6.45) is 0.417. The van der Waals surface area contributed by atoms with E-state index in [0.29, 0.717) is 11.3 Å². The predicted octanol–water partition coefficient (Wildman–Crippen LogP) is 3.04. The van der Waals surface area contributed by atoms with Crippen LogP contribution in [0.15, 0.2) is 29.2 Å². The maximum Gasteiger partial charge on any atom is 0.179 e. The van der Waals surface area contributed by atoms with Crippen molar-refractivity contribution < 1.29 is 8.42 Å². The van der Waals surface area contributed by atoms with Gasteiger partial charge in [0.1, 0.15) is 8.07 Å². The van der Waals surface area contributed by atoms with Gasteiger partial charge in [0.2, 0.25) is 0 Å². The van der Waals surface area contributed by atoms with Crippen LogP contribution >= 0.6 is 0 Å². The SMILES string of the molecule is Cc1ccc(S(=O)(=O)CCC#C[Si](C)(C)C)cc1. The van der Waals surface area contributed by atoms with Gasteiger partial charge in [0.25, 0.3) is 0 Å². The van der Waals surface area contributed by atoms with Gasteiger partial charge in [0.15, 0.2) is 9.84 Å². The molecule has 0 aliphatic rings. The lowest BCUT2D eigenvalue weighted by molar-refractivity contribution is 0.596. The highest BCUT2D eigenvalue weighted by Gasteiger charge is 2.13. The second kappa shape index (κ2) is 5.72. The van der Waals surface area contributed by atoms with Gasteiger partial charge in [-0.1, -0.05) is 37.3 Å². The van der Waals surface area contributed by atoms with Crippen LogP contribution in [0.25, 0.3) is 0 Å². The highest BCUT2D eigenvalue weighted by atomic mass is 32.2. The van der Waals surface area contributed by atoms with Crippen LogP contribution in [0.4, 0.5) is 0 Å². The molecule has 1 aromatic rings.